The Hall–Kier alpha value is -3.73. The number of ether oxygens (including phenoxy) is 3. The van der Waals surface area contributed by atoms with Crippen molar-refractivity contribution < 1.29 is 43.2 Å². The number of piperazine rings is 1. The van der Waals surface area contributed by atoms with Gasteiger partial charge in [0, 0.05) is 44.4 Å². The predicted octanol–water partition coefficient (Wildman–Crippen LogP) is 1.42. The molecule has 1 aromatic carbocycles. The molecule has 1 aliphatic rings. The molecule has 3 rings (SSSR count). The Morgan fingerprint density at radius 3 is 1.94 bits per heavy atom. The minimum absolute atomic E-state index is 0.0571. The molecule has 174 valence electrons. The maximum atomic E-state index is 12.3. The summed E-state index contributed by atoms with van der Waals surface area (Å²) in [6.45, 7) is 3.60. The van der Waals surface area contributed by atoms with E-state index in [9.17, 15) is 4.79 Å². The number of amides is 1. The Bertz CT molecular complexity index is 908. The Balaban J connectivity index is 0.000000534. The Morgan fingerprint density at radius 1 is 0.906 bits per heavy atom. The normalized spacial score (nSPS) is 13.5. The molecule has 1 aliphatic heterocycles. The Kier molecular flexibility index (Phi) is 8.90. The summed E-state index contributed by atoms with van der Waals surface area (Å²) in [4.78, 5) is 34.7. The summed E-state index contributed by atoms with van der Waals surface area (Å²) in [5.74, 6) is -1.24. The van der Waals surface area contributed by atoms with Crippen LogP contribution in [-0.4, -0.2) is 85.4 Å². The number of hydrogen-bond acceptors (Lipinski definition) is 8. The van der Waals surface area contributed by atoms with Gasteiger partial charge in [-0.15, -0.1) is 0 Å². The minimum Gasteiger partial charge on any atom is -0.496 e. The molecule has 0 bridgehead atoms. The van der Waals surface area contributed by atoms with Crippen LogP contribution in [0.15, 0.2) is 34.9 Å². The van der Waals surface area contributed by atoms with E-state index >= 15 is 0 Å². The van der Waals surface area contributed by atoms with E-state index in [4.69, 9.17) is 38.4 Å². The van der Waals surface area contributed by atoms with Gasteiger partial charge in [-0.1, -0.05) is 0 Å². The highest BCUT2D eigenvalue weighted by atomic mass is 16.5. The standard InChI is InChI=1S/C19H24N2O5.C2H2O4/c1-23-16-12-18(25-3)17(24-2)11-14(16)13-20-6-8-21(9-7-20)19(22)15-5-4-10-26-15;3-1(4)2(5)6/h4-5,10-12H,6-9,13H2,1-3H3;(H,3,4)(H,5,6). The van der Waals surface area contributed by atoms with Crippen LogP contribution in [0.3, 0.4) is 0 Å². The number of aliphatic carboxylic acids is 2. The van der Waals surface area contributed by atoms with Gasteiger partial charge in [-0.25, -0.2) is 9.59 Å². The third kappa shape index (κ3) is 6.38. The first-order valence-corrected chi connectivity index (χ1v) is 9.60. The van der Waals surface area contributed by atoms with Gasteiger partial charge in [-0.05, 0) is 18.2 Å². The molecule has 0 aliphatic carbocycles. The van der Waals surface area contributed by atoms with Gasteiger partial charge in [0.15, 0.2) is 17.3 Å². The van der Waals surface area contributed by atoms with Crippen molar-refractivity contribution in [1.29, 1.82) is 0 Å². The SMILES string of the molecule is COc1cc(OC)c(OC)cc1CN1CCN(C(=O)c2ccco2)CC1.O=C(O)C(=O)O. The molecule has 32 heavy (non-hydrogen) atoms. The van der Waals surface area contributed by atoms with Crippen LogP contribution in [0.25, 0.3) is 0 Å². The van der Waals surface area contributed by atoms with Gasteiger partial charge in [0.1, 0.15) is 5.75 Å². The zero-order valence-corrected chi connectivity index (χ0v) is 18.1. The lowest BCUT2D eigenvalue weighted by atomic mass is 10.1. The molecule has 0 spiro atoms. The monoisotopic (exact) mass is 450 g/mol. The van der Waals surface area contributed by atoms with E-state index in [0.717, 1.165) is 24.4 Å². The van der Waals surface area contributed by atoms with E-state index in [1.54, 1.807) is 33.5 Å². The zero-order valence-electron chi connectivity index (χ0n) is 18.1. The van der Waals surface area contributed by atoms with E-state index in [0.29, 0.717) is 36.9 Å². The minimum atomic E-state index is -1.82. The molecule has 1 saturated heterocycles. The maximum Gasteiger partial charge on any atom is 0.414 e. The summed E-state index contributed by atoms with van der Waals surface area (Å²) in [7, 11) is 4.87. The fourth-order valence-electron chi connectivity index (χ4n) is 3.12. The van der Waals surface area contributed by atoms with E-state index in [2.05, 4.69) is 4.90 Å². The molecular formula is C21H26N2O9. The van der Waals surface area contributed by atoms with Crippen molar-refractivity contribution in [2.24, 2.45) is 0 Å². The molecule has 11 heteroatoms. The zero-order chi connectivity index (χ0) is 23.7. The number of carboxylic acids is 2. The van der Waals surface area contributed by atoms with Gasteiger partial charge in [0.2, 0.25) is 0 Å². The van der Waals surface area contributed by atoms with Crippen LogP contribution < -0.4 is 14.2 Å². The smallest absolute Gasteiger partial charge is 0.414 e. The van der Waals surface area contributed by atoms with Gasteiger partial charge in [-0.3, -0.25) is 9.69 Å². The van der Waals surface area contributed by atoms with Gasteiger partial charge in [0.05, 0.1) is 27.6 Å². The van der Waals surface area contributed by atoms with Crippen LogP contribution in [0.5, 0.6) is 17.2 Å². The van der Waals surface area contributed by atoms with Crippen molar-refractivity contribution in [2.45, 2.75) is 6.54 Å². The Labute approximate surface area is 184 Å². The average molecular weight is 450 g/mol. The lowest BCUT2D eigenvalue weighted by Crippen LogP contribution is -2.48. The van der Waals surface area contributed by atoms with Crippen molar-refractivity contribution >= 4 is 17.8 Å². The summed E-state index contributed by atoms with van der Waals surface area (Å²) in [6, 6.07) is 7.21. The van der Waals surface area contributed by atoms with E-state index in [-0.39, 0.29) is 5.91 Å². The number of carbonyl (C=O) groups is 3. The molecule has 0 unspecified atom stereocenters. The van der Waals surface area contributed by atoms with Crippen LogP contribution >= 0.6 is 0 Å². The summed E-state index contributed by atoms with van der Waals surface area (Å²) in [5.41, 5.74) is 1.02. The molecule has 1 amide bonds. The fraction of sp³-hybridized carbons (Fsp3) is 0.381. The first-order valence-electron chi connectivity index (χ1n) is 9.60. The molecule has 0 saturated carbocycles. The summed E-state index contributed by atoms with van der Waals surface area (Å²) < 4.78 is 21.4. The molecule has 2 heterocycles. The second-order valence-electron chi connectivity index (χ2n) is 6.67. The van der Waals surface area contributed by atoms with E-state index < -0.39 is 11.9 Å². The number of rotatable bonds is 6. The molecule has 0 radical (unpaired) electrons. The van der Waals surface area contributed by atoms with Crippen LogP contribution in [0.2, 0.25) is 0 Å². The number of nitrogens with zero attached hydrogens (tertiary/aromatic N) is 2. The number of carbonyl (C=O) groups excluding carboxylic acids is 1. The van der Waals surface area contributed by atoms with E-state index in [1.807, 2.05) is 17.0 Å². The van der Waals surface area contributed by atoms with Crippen molar-refractivity contribution in [3.05, 3.63) is 41.9 Å². The Morgan fingerprint density at radius 2 is 1.47 bits per heavy atom. The third-order valence-electron chi connectivity index (χ3n) is 4.75. The quantitative estimate of drug-likeness (QED) is 0.621. The third-order valence-corrected chi connectivity index (χ3v) is 4.75. The molecule has 2 aromatic rings. The summed E-state index contributed by atoms with van der Waals surface area (Å²) >= 11 is 0. The van der Waals surface area contributed by atoms with Gasteiger partial charge < -0.3 is 33.7 Å². The molecule has 1 fully saturated rings. The average Bonchev–Trinajstić information content (AvgIpc) is 3.34. The van der Waals surface area contributed by atoms with Crippen molar-refractivity contribution in [1.82, 2.24) is 9.80 Å². The highest BCUT2D eigenvalue weighted by molar-refractivity contribution is 6.27. The molecule has 2 N–H and O–H groups in total. The highest BCUT2D eigenvalue weighted by Crippen LogP contribution is 2.35. The van der Waals surface area contributed by atoms with Crippen LogP contribution in [-0.2, 0) is 16.1 Å². The molecule has 0 atom stereocenters. The number of hydrogen-bond donors (Lipinski definition) is 2. The van der Waals surface area contributed by atoms with Gasteiger partial charge in [-0.2, -0.15) is 0 Å². The van der Waals surface area contributed by atoms with Crippen molar-refractivity contribution in [3.8, 4) is 17.2 Å². The van der Waals surface area contributed by atoms with E-state index in [1.165, 1.54) is 6.26 Å². The maximum absolute atomic E-state index is 12.3. The first-order chi connectivity index (χ1) is 15.3. The molecule has 1 aromatic heterocycles. The van der Waals surface area contributed by atoms with Crippen molar-refractivity contribution in [2.75, 3.05) is 47.5 Å². The van der Waals surface area contributed by atoms with Crippen LogP contribution in [0.1, 0.15) is 16.1 Å². The largest absolute Gasteiger partial charge is 0.496 e. The highest BCUT2D eigenvalue weighted by Gasteiger charge is 2.24. The molecule has 11 nitrogen and oxygen atoms in total. The number of furan rings is 1. The van der Waals surface area contributed by atoms with Crippen molar-refractivity contribution in [3.63, 3.8) is 0 Å². The van der Waals surface area contributed by atoms with Gasteiger partial charge in [0.25, 0.3) is 5.91 Å². The van der Waals surface area contributed by atoms with Gasteiger partial charge >= 0.3 is 11.9 Å². The first kappa shape index (κ1) is 24.5. The lowest BCUT2D eigenvalue weighted by molar-refractivity contribution is -0.159. The summed E-state index contributed by atoms with van der Waals surface area (Å²) in [6.07, 6.45) is 1.52. The number of benzene rings is 1. The van der Waals surface area contributed by atoms with Crippen LogP contribution in [0.4, 0.5) is 0 Å². The predicted molar refractivity (Wildman–Crippen MR) is 111 cm³/mol. The number of methoxy groups -OCH3 is 3. The second kappa shape index (κ2) is 11.6. The van der Waals surface area contributed by atoms with Crippen LogP contribution in [0, 0.1) is 0 Å². The lowest BCUT2D eigenvalue weighted by Gasteiger charge is -2.34. The number of carboxylic acid groups (broad SMARTS) is 2. The topological polar surface area (TPSA) is 139 Å². The second-order valence-corrected chi connectivity index (χ2v) is 6.67. The molecular weight excluding hydrogens is 424 g/mol. The summed E-state index contributed by atoms with van der Waals surface area (Å²) in [5, 5.41) is 14.8. The fourth-order valence-corrected chi connectivity index (χ4v) is 3.12.